The molecule has 168 valence electrons. The highest BCUT2D eigenvalue weighted by Gasteiger charge is 2.47. The number of carboxylic acid groups (broad SMARTS) is 1. The topological polar surface area (TPSA) is 87.9 Å². The minimum Gasteiger partial charge on any atom is -0.465 e. The van der Waals surface area contributed by atoms with Crippen molar-refractivity contribution in [2.24, 2.45) is 17.8 Å². The van der Waals surface area contributed by atoms with E-state index in [1.807, 2.05) is 40.9 Å². The van der Waals surface area contributed by atoms with Gasteiger partial charge in [-0.3, -0.25) is 14.4 Å². The summed E-state index contributed by atoms with van der Waals surface area (Å²) in [4.78, 5) is 28.6. The van der Waals surface area contributed by atoms with Crippen LogP contribution in [0.5, 0.6) is 0 Å². The lowest BCUT2D eigenvalue weighted by atomic mass is 9.97. The molecule has 1 aromatic heterocycles. The number of hydrogen-bond donors (Lipinski definition) is 1. The van der Waals surface area contributed by atoms with E-state index < -0.39 is 6.09 Å². The first kappa shape index (κ1) is 19.8. The Bertz CT molecular complexity index is 1070. The van der Waals surface area contributed by atoms with E-state index in [-0.39, 0.29) is 24.5 Å². The molecule has 2 aromatic rings. The van der Waals surface area contributed by atoms with Gasteiger partial charge >= 0.3 is 6.09 Å². The molecule has 0 radical (unpaired) electrons. The van der Waals surface area contributed by atoms with Crippen LogP contribution in [0.15, 0.2) is 30.6 Å². The van der Waals surface area contributed by atoms with Gasteiger partial charge in [-0.05, 0) is 61.6 Å². The monoisotopic (exact) mass is 436 g/mol. The van der Waals surface area contributed by atoms with Crippen LogP contribution in [0, 0.1) is 17.8 Å². The van der Waals surface area contributed by atoms with E-state index >= 15 is 0 Å². The van der Waals surface area contributed by atoms with Gasteiger partial charge in [0, 0.05) is 24.7 Å². The Morgan fingerprint density at radius 1 is 1.12 bits per heavy atom. The molecule has 32 heavy (non-hydrogen) atoms. The normalized spacial score (nSPS) is 28.8. The molecule has 3 fully saturated rings. The fourth-order valence-electron chi connectivity index (χ4n) is 5.78. The minimum atomic E-state index is -0.999. The van der Waals surface area contributed by atoms with E-state index in [9.17, 15) is 14.7 Å². The van der Waals surface area contributed by atoms with Crippen molar-refractivity contribution in [3.8, 4) is 11.1 Å². The van der Waals surface area contributed by atoms with Gasteiger partial charge in [-0.25, -0.2) is 4.79 Å². The fraction of sp³-hybridized carbons (Fsp3) is 0.542. The van der Waals surface area contributed by atoms with Crippen LogP contribution in [-0.4, -0.2) is 52.7 Å². The maximum Gasteiger partial charge on any atom is 0.411 e. The number of carbonyl (C=O) groups is 2. The van der Waals surface area contributed by atoms with Crippen LogP contribution in [0.1, 0.15) is 38.6 Å². The summed E-state index contributed by atoms with van der Waals surface area (Å²) in [6.45, 7) is 3.53. The molecule has 0 bridgehead atoms. The molecule has 6 rings (SSSR count). The third-order valence-corrected chi connectivity index (χ3v) is 7.65. The van der Waals surface area contributed by atoms with Crippen LogP contribution >= 0.6 is 0 Å². The second kappa shape index (κ2) is 7.33. The van der Waals surface area contributed by atoms with Crippen molar-refractivity contribution >= 4 is 23.4 Å². The van der Waals surface area contributed by atoms with Gasteiger partial charge in [0.1, 0.15) is 0 Å². The average Bonchev–Trinajstić information content (AvgIpc) is 3.09. The van der Waals surface area contributed by atoms with Crippen molar-refractivity contribution in [3.05, 3.63) is 30.6 Å². The van der Waals surface area contributed by atoms with Crippen LogP contribution < -0.4 is 9.80 Å². The number of aromatic nitrogens is 2. The van der Waals surface area contributed by atoms with E-state index in [1.54, 1.807) is 6.20 Å². The molecule has 2 aliphatic heterocycles. The minimum absolute atomic E-state index is 0.112. The summed E-state index contributed by atoms with van der Waals surface area (Å²) in [5, 5.41) is 14.3. The van der Waals surface area contributed by atoms with Gasteiger partial charge in [0.25, 0.3) is 0 Å². The maximum atomic E-state index is 13.3. The first-order valence-corrected chi connectivity index (χ1v) is 11.6. The van der Waals surface area contributed by atoms with Crippen molar-refractivity contribution in [1.29, 1.82) is 0 Å². The molecule has 3 atom stereocenters. The molecular formula is C24H28N4O4. The Morgan fingerprint density at radius 3 is 2.59 bits per heavy atom. The summed E-state index contributed by atoms with van der Waals surface area (Å²) < 4.78 is 7.15. The number of amides is 2. The first-order chi connectivity index (χ1) is 15.5. The molecule has 0 spiro atoms. The van der Waals surface area contributed by atoms with E-state index in [2.05, 4.69) is 5.10 Å². The van der Waals surface area contributed by atoms with Gasteiger partial charge in [-0.2, -0.15) is 5.10 Å². The fourth-order valence-corrected chi connectivity index (χ4v) is 5.78. The molecule has 3 heterocycles. The third-order valence-electron chi connectivity index (χ3n) is 7.65. The lowest BCUT2D eigenvalue weighted by Crippen LogP contribution is -2.52. The number of anilines is 2. The molecule has 2 aliphatic carbocycles. The summed E-state index contributed by atoms with van der Waals surface area (Å²) in [7, 11) is 0. The summed E-state index contributed by atoms with van der Waals surface area (Å²) in [5.41, 5.74) is 3.06. The van der Waals surface area contributed by atoms with E-state index in [1.165, 1.54) is 24.2 Å². The third kappa shape index (κ3) is 3.28. The van der Waals surface area contributed by atoms with Crippen molar-refractivity contribution < 1.29 is 19.4 Å². The first-order valence-electron chi connectivity index (χ1n) is 11.6. The Hall–Kier alpha value is -2.87. The zero-order valence-corrected chi connectivity index (χ0v) is 18.2. The van der Waals surface area contributed by atoms with Crippen LogP contribution in [0.3, 0.4) is 0 Å². The van der Waals surface area contributed by atoms with Crippen LogP contribution in [-0.2, 0) is 9.53 Å². The predicted octanol–water partition coefficient (Wildman–Crippen LogP) is 3.78. The lowest BCUT2D eigenvalue weighted by molar-refractivity contribution is -0.120. The molecule has 8 heteroatoms. The van der Waals surface area contributed by atoms with Crippen molar-refractivity contribution in [3.63, 3.8) is 0 Å². The number of ether oxygens (including phenoxy) is 1. The number of rotatable bonds is 4. The zero-order valence-electron chi connectivity index (χ0n) is 18.2. The highest BCUT2D eigenvalue weighted by molar-refractivity contribution is 6.03. The van der Waals surface area contributed by atoms with E-state index in [0.717, 1.165) is 23.0 Å². The van der Waals surface area contributed by atoms with Gasteiger partial charge in [0.05, 0.1) is 42.9 Å². The predicted molar refractivity (Wildman–Crippen MR) is 119 cm³/mol. The highest BCUT2D eigenvalue weighted by atomic mass is 16.5. The summed E-state index contributed by atoms with van der Waals surface area (Å²) in [5.74, 6) is 2.27. The Balaban J connectivity index is 1.30. The smallest absolute Gasteiger partial charge is 0.411 e. The van der Waals surface area contributed by atoms with Crippen molar-refractivity contribution in [2.45, 2.75) is 44.7 Å². The number of hydrogen-bond acceptors (Lipinski definition) is 4. The maximum absolute atomic E-state index is 13.3. The van der Waals surface area contributed by atoms with Gasteiger partial charge in [-0.15, -0.1) is 0 Å². The molecule has 4 aliphatic rings. The summed E-state index contributed by atoms with van der Waals surface area (Å²) in [6, 6.07) is 5.78. The van der Waals surface area contributed by atoms with E-state index in [0.29, 0.717) is 36.9 Å². The van der Waals surface area contributed by atoms with E-state index in [4.69, 9.17) is 4.74 Å². The van der Waals surface area contributed by atoms with Gasteiger partial charge in [-0.1, -0.05) is 6.07 Å². The molecule has 1 saturated heterocycles. The summed E-state index contributed by atoms with van der Waals surface area (Å²) >= 11 is 0. The van der Waals surface area contributed by atoms with Crippen molar-refractivity contribution in [1.82, 2.24) is 9.78 Å². The Morgan fingerprint density at radius 2 is 1.91 bits per heavy atom. The van der Waals surface area contributed by atoms with Crippen LogP contribution in [0.25, 0.3) is 11.1 Å². The largest absolute Gasteiger partial charge is 0.465 e. The molecule has 1 aromatic carbocycles. The molecule has 1 N–H and O–H groups in total. The molecule has 2 unspecified atom stereocenters. The van der Waals surface area contributed by atoms with Crippen LogP contribution in [0.4, 0.5) is 16.2 Å². The molecular weight excluding hydrogens is 408 g/mol. The standard InChI is InChI=1S/C24H28N4O4/c1-14-10-26(24(30)31)22-8-16(19-9-25-27(11-19)20-12-32-13-20)2-3-21(22)28(14)23(29)6-15-4-17-7-18(17)5-15/h2-3,8-9,11,14-15,17-18,20H,4-7,10,12-13H2,1H3,(H,30,31)/t14-,15?,17?,18?/m0/s1. The quantitative estimate of drug-likeness (QED) is 0.788. The van der Waals surface area contributed by atoms with Gasteiger partial charge in [0.2, 0.25) is 5.91 Å². The number of benzene rings is 1. The number of fused-ring (bicyclic) bond motifs is 2. The van der Waals surface area contributed by atoms with Gasteiger partial charge in [0.15, 0.2) is 0 Å². The second-order valence-electron chi connectivity index (χ2n) is 9.91. The molecule has 8 nitrogen and oxygen atoms in total. The molecule has 2 amide bonds. The number of nitrogens with zero attached hydrogens (tertiary/aromatic N) is 4. The highest BCUT2D eigenvalue weighted by Crippen LogP contribution is 2.55. The SMILES string of the molecule is C[C@H]1CN(C(=O)O)c2cc(-c3cnn(C4COC4)c3)ccc2N1C(=O)CC1CC2CC2C1. The second-order valence-corrected chi connectivity index (χ2v) is 9.91. The van der Waals surface area contributed by atoms with Crippen molar-refractivity contribution in [2.75, 3.05) is 29.6 Å². The number of carbonyl (C=O) groups excluding carboxylic acids is 1. The zero-order chi connectivity index (χ0) is 22.0. The summed E-state index contributed by atoms with van der Waals surface area (Å²) in [6.07, 6.45) is 7.00. The Labute approximate surface area is 186 Å². The lowest BCUT2D eigenvalue weighted by Gasteiger charge is -2.40. The Kier molecular flexibility index (Phi) is 4.54. The molecule has 2 saturated carbocycles. The average molecular weight is 437 g/mol. The van der Waals surface area contributed by atoms with Crippen LogP contribution in [0.2, 0.25) is 0 Å². The van der Waals surface area contributed by atoms with Gasteiger partial charge < -0.3 is 14.7 Å².